The van der Waals surface area contributed by atoms with Gasteiger partial charge in [-0.15, -0.1) is 5.10 Å². The quantitative estimate of drug-likeness (QED) is 0.881. The van der Waals surface area contributed by atoms with E-state index in [9.17, 15) is 9.59 Å². The third-order valence-electron chi connectivity index (χ3n) is 4.24. The van der Waals surface area contributed by atoms with E-state index in [1.165, 1.54) is 4.68 Å². The third kappa shape index (κ3) is 3.79. The zero-order valence-electron chi connectivity index (χ0n) is 13.9. The van der Waals surface area contributed by atoms with Gasteiger partial charge in [0, 0.05) is 11.6 Å². The number of benzene rings is 1. The second kappa shape index (κ2) is 6.82. The first-order valence-corrected chi connectivity index (χ1v) is 8.09. The Balaban J connectivity index is 1.56. The molecule has 0 saturated heterocycles. The van der Waals surface area contributed by atoms with E-state index in [4.69, 9.17) is 0 Å². The summed E-state index contributed by atoms with van der Waals surface area (Å²) in [5.41, 5.74) is 2.87. The lowest BCUT2D eigenvalue weighted by atomic mass is 9.85. The number of anilines is 2. The maximum absolute atomic E-state index is 12.2. The van der Waals surface area contributed by atoms with Crippen LogP contribution in [0.15, 0.2) is 24.4 Å². The normalized spacial score (nSPS) is 14.1. The van der Waals surface area contributed by atoms with E-state index in [0.717, 1.165) is 36.1 Å². The van der Waals surface area contributed by atoms with Crippen LogP contribution in [0.25, 0.3) is 0 Å². The van der Waals surface area contributed by atoms with Crippen LogP contribution in [0.3, 0.4) is 0 Å². The van der Waals surface area contributed by atoms with Crippen molar-refractivity contribution in [2.45, 2.75) is 39.7 Å². The van der Waals surface area contributed by atoms with Crippen LogP contribution in [-0.4, -0.2) is 26.8 Å². The molecule has 1 aromatic heterocycles. The van der Waals surface area contributed by atoms with Crippen LogP contribution in [0.2, 0.25) is 0 Å². The van der Waals surface area contributed by atoms with E-state index in [1.807, 2.05) is 32.0 Å². The van der Waals surface area contributed by atoms with Crippen molar-refractivity contribution in [2.75, 3.05) is 10.6 Å². The molecule has 0 bridgehead atoms. The minimum Gasteiger partial charge on any atom is -0.324 e. The summed E-state index contributed by atoms with van der Waals surface area (Å²) in [5, 5.41) is 13.4. The molecule has 7 nitrogen and oxygen atoms in total. The largest absolute Gasteiger partial charge is 0.324 e. The zero-order valence-corrected chi connectivity index (χ0v) is 13.9. The van der Waals surface area contributed by atoms with Gasteiger partial charge in [0.15, 0.2) is 5.82 Å². The minimum atomic E-state index is -0.189. The summed E-state index contributed by atoms with van der Waals surface area (Å²) < 4.78 is 1.41. The average Bonchev–Trinajstić information content (AvgIpc) is 2.87. The van der Waals surface area contributed by atoms with Gasteiger partial charge in [0.25, 0.3) is 0 Å². The van der Waals surface area contributed by atoms with E-state index in [0.29, 0.717) is 5.82 Å². The Morgan fingerprint density at radius 1 is 1.25 bits per heavy atom. The monoisotopic (exact) mass is 327 g/mol. The van der Waals surface area contributed by atoms with Crippen molar-refractivity contribution in [3.05, 3.63) is 35.5 Å². The highest BCUT2D eigenvalue weighted by atomic mass is 16.2. The van der Waals surface area contributed by atoms with Gasteiger partial charge in [0.05, 0.1) is 6.20 Å². The first kappa shape index (κ1) is 16.2. The number of nitrogens with one attached hydrogen (secondary N) is 2. The highest BCUT2D eigenvalue weighted by Crippen LogP contribution is 2.27. The molecule has 0 unspecified atom stereocenters. The lowest BCUT2D eigenvalue weighted by Gasteiger charge is -2.23. The van der Waals surface area contributed by atoms with Crippen LogP contribution in [0.1, 0.15) is 30.4 Å². The molecule has 1 aliphatic carbocycles. The molecule has 2 N–H and O–H groups in total. The molecule has 0 atom stereocenters. The Kier molecular flexibility index (Phi) is 4.59. The van der Waals surface area contributed by atoms with Crippen molar-refractivity contribution >= 4 is 23.3 Å². The Hall–Kier alpha value is -2.70. The maximum atomic E-state index is 12.2. The standard InChI is InChI=1S/C17H21N5O2/c1-11-6-7-12(2)14(8-11)18-16(23)10-22-9-15(20-21-22)19-17(24)13-4-3-5-13/h6-9,13H,3-5,10H2,1-2H3,(H,18,23)(H,19,24). The van der Waals surface area contributed by atoms with Crippen molar-refractivity contribution in [2.24, 2.45) is 5.92 Å². The van der Waals surface area contributed by atoms with Crippen LogP contribution < -0.4 is 10.6 Å². The molecule has 0 aliphatic heterocycles. The first-order chi connectivity index (χ1) is 11.5. The molecule has 1 fully saturated rings. The number of amides is 2. The Bertz CT molecular complexity index is 764. The fraction of sp³-hybridized carbons (Fsp3) is 0.412. The van der Waals surface area contributed by atoms with Gasteiger partial charge in [-0.2, -0.15) is 0 Å². The van der Waals surface area contributed by atoms with E-state index < -0.39 is 0 Å². The lowest BCUT2D eigenvalue weighted by Crippen LogP contribution is -2.28. The summed E-state index contributed by atoms with van der Waals surface area (Å²) in [5.74, 6) is 0.257. The second-order valence-corrected chi connectivity index (χ2v) is 6.28. The lowest BCUT2D eigenvalue weighted by molar-refractivity contribution is -0.122. The molecule has 0 radical (unpaired) electrons. The van der Waals surface area contributed by atoms with Gasteiger partial charge in [0.2, 0.25) is 11.8 Å². The number of rotatable bonds is 5. The van der Waals surface area contributed by atoms with Crippen LogP contribution >= 0.6 is 0 Å². The number of aromatic nitrogens is 3. The smallest absolute Gasteiger partial charge is 0.246 e. The van der Waals surface area contributed by atoms with E-state index >= 15 is 0 Å². The summed E-state index contributed by atoms with van der Waals surface area (Å²) in [6.45, 7) is 3.96. The summed E-state index contributed by atoms with van der Waals surface area (Å²) in [6, 6.07) is 5.90. The molecule has 1 aliphatic rings. The fourth-order valence-electron chi connectivity index (χ4n) is 2.54. The number of hydrogen-bond donors (Lipinski definition) is 2. The minimum absolute atomic E-state index is 0.0202. The predicted molar refractivity (Wildman–Crippen MR) is 90.5 cm³/mol. The van der Waals surface area contributed by atoms with Crippen molar-refractivity contribution in [3.63, 3.8) is 0 Å². The topological polar surface area (TPSA) is 88.9 Å². The second-order valence-electron chi connectivity index (χ2n) is 6.28. The molecule has 2 amide bonds. The van der Waals surface area contributed by atoms with Crippen molar-refractivity contribution in [1.29, 1.82) is 0 Å². The molecule has 24 heavy (non-hydrogen) atoms. The van der Waals surface area contributed by atoms with Gasteiger partial charge >= 0.3 is 0 Å². The molecule has 0 spiro atoms. The number of hydrogen-bond acceptors (Lipinski definition) is 4. The number of carbonyl (C=O) groups excluding carboxylic acids is 2. The Morgan fingerprint density at radius 3 is 2.75 bits per heavy atom. The zero-order chi connectivity index (χ0) is 17.1. The molecular weight excluding hydrogens is 306 g/mol. The number of nitrogens with zero attached hydrogens (tertiary/aromatic N) is 3. The molecule has 1 saturated carbocycles. The van der Waals surface area contributed by atoms with Gasteiger partial charge in [-0.1, -0.05) is 23.8 Å². The third-order valence-corrected chi connectivity index (χ3v) is 4.24. The summed E-state index contributed by atoms with van der Waals surface area (Å²) in [7, 11) is 0. The van der Waals surface area contributed by atoms with Gasteiger partial charge in [-0.3, -0.25) is 9.59 Å². The highest BCUT2D eigenvalue weighted by Gasteiger charge is 2.25. The molecule has 1 aromatic carbocycles. The average molecular weight is 327 g/mol. The van der Waals surface area contributed by atoms with E-state index in [-0.39, 0.29) is 24.3 Å². The van der Waals surface area contributed by atoms with Crippen molar-refractivity contribution in [1.82, 2.24) is 15.0 Å². The first-order valence-electron chi connectivity index (χ1n) is 8.09. The SMILES string of the molecule is Cc1ccc(C)c(NC(=O)Cn2cc(NC(=O)C3CCC3)nn2)c1. The van der Waals surface area contributed by atoms with Crippen LogP contribution in [0.5, 0.6) is 0 Å². The van der Waals surface area contributed by atoms with Crippen molar-refractivity contribution < 1.29 is 9.59 Å². The van der Waals surface area contributed by atoms with Crippen LogP contribution in [0, 0.1) is 19.8 Å². The Morgan fingerprint density at radius 2 is 2.04 bits per heavy atom. The highest BCUT2D eigenvalue weighted by molar-refractivity contribution is 5.92. The summed E-state index contributed by atoms with van der Waals surface area (Å²) >= 11 is 0. The van der Waals surface area contributed by atoms with E-state index in [2.05, 4.69) is 20.9 Å². The number of aryl methyl sites for hydroxylation is 2. The number of carbonyl (C=O) groups is 2. The van der Waals surface area contributed by atoms with Gasteiger partial charge in [-0.25, -0.2) is 4.68 Å². The van der Waals surface area contributed by atoms with Crippen molar-refractivity contribution in [3.8, 4) is 0 Å². The molecule has 126 valence electrons. The predicted octanol–water partition coefficient (Wildman–Crippen LogP) is 2.27. The fourth-order valence-corrected chi connectivity index (χ4v) is 2.54. The molecule has 1 heterocycles. The summed E-state index contributed by atoms with van der Waals surface area (Å²) in [6.07, 6.45) is 4.53. The molecule has 2 aromatic rings. The van der Waals surface area contributed by atoms with Gasteiger partial charge in [-0.05, 0) is 43.9 Å². The van der Waals surface area contributed by atoms with Gasteiger partial charge < -0.3 is 10.6 Å². The van der Waals surface area contributed by atoms with Crippen LogP contribution in [-0.2, 0) is 16.1 Å². The Labute approximate surface area is 140 Å². The molecule has 7 heteroatoms. The maximum Gasteiger partial charge on any atom is 0.246 e. The van der Waals surface area contributed by atoms with Gasteiger partial charge in [0.1, 0.15) is 6.54 Å². The van der Waals surface area contributed by atoms with Crippen LogP contribution in [0.4, 0.5) is 11.5 Å². The molecule has 3 rings (SSSR count). The molecular formula is C17H21N5O2. The van der Waals surface area contributed by atoms with E-state index in [1.54, 1.807) is 6.20 Å². The summed E-state index contributed by atoms with van der Waals surface area (Å²) in [4.78, 5) is 24.0.